The highest BCUT2D eigenvalue weighted by molar-refractivity contribution is 7.10. The molecular formula is C14H21N3O3S. The molecule has 2 N–H and O–H groups in total. The van der Waals surface area contributed by atoms with Gasteiger partial charge in [0.1, 0.15) is 5.60 Å². The van der Waals surface area contributed by atoms with Gasteiger partial charge in [-0.15, -0.1) is 11.3 Å². The topological polar surface area (TPSA) is 70.7 Å². The zero-order chi connectivity index (χ0) is 15.5. The Morgan fingerprint density at radius 2 is 2.29 bits per heavy atom. The van der Waals surface area contributed by atoms with Gasteiger partial charge in [-0.25, -0.2) is 4.79 Å². The summed E-state index contributed by atoms with van der Waals surface area (Å²) in [7, 11) is 0. The van der Waals surface area contributed by atoms with Crippen LogP contribution in [0.3, 0.4) is 0 Å². The molecule has 2 heterocycles. The Hall–Kier alpha value is -1.60. The monoisotopic (exact) mass is 311 g/mol. The summed E-state index contributed by atoms with van der Waals surface area (Å²) in [5, 5.41) is 7.49. The number of ether oxygens (including phenoxy) is 1. The number of piperazine rings is 1. The average Bonchev–Trinajstić information content (AvgIpc) is 2.74. The van der Waals surface area contributed by atoms with Crippen molar-refractivity contribution in [3.05, 3.63) is 16.3 Å². The molecule has 7 heteroatoms. The second-order valence-corrected chi connectivity index (χ2v) is 6.95. The largest absolute Gasteiger partial charge is 0.444 e. The molecule has 2 rings (SSSR count). The Bertz CT molecular complexity index is 522. The van der Waals surface area contributed by atoms with Gasteiger partial charge in [0.25, 0.3) is 0 Å². The molecule has 21 heavy (non-hydrogen) atoms. The minimum atomic E-state index is -0.523. The molecule has 2 amide bonds. The lowest BCUT2D eigenvalue weighted by Gasteiger charge is -2.26. The van der Waals surface area contributed by atoms with Crippen molar-refractivity contribution >= 4 is 29.0 Å². The van der Waals surface area contributed by atoms with Crippen LogP contribution >= 0.6 is 11.3 Å². The Labute approximate surface area is 128 Å². The van der Waals surface area contributed by atoms with E-state index in [2.05, 4.69) is 15.5 Å². The fourth-order valence-electron chi connectivity index (χ4n) is 2.02. The lowest BCUT2D eigenvalue weighted by molar-refractivity contribution is -0.124. The van der Waals surface area contributed by atoms with Gasteiger partial charge in [0.05, 0.1) is 12.2 Å². The van der Waals surface area contributed by atoms with Gasteiger partial charge in [0, 0.05) is 24.5 Å². The number of carbonyl (C=O) groups is 2. The third-order valence-electron chi connectivity index (χ3n) is 2.87. The molecule has 0 atom stereocenters. The molecule has 0 bridgehead atoms. The number of rotatable bonds is 3. The summed E-state index contributed by atoms with van der Waals surface area (Å²) in [6.07, 6.45) is -0.460. The maximum Gasteiger partial charge on any atom is 0.412 e. The summed E-state index contributed by atoms with van der Waals surface area (Å²) in [6, 6.07) is 1.86. The lowest BCUT2D eigenvalue weighted by atomic mass is 10.2. The number of hydrogen-bond donors (Lipinski definition) is 2. The first kappa shape index (κ1) is 15.8. The van der Waals surface area contributed by atoms with Gasteiger partial charge in [-0.2, -0.15) is 0 Å². The SMILES string of the molecule is CC(C)(C)OC(=O)Nc1ccsc1CN1CCNC(=O)C1. The highest BCUT2D eigenvalue weighted by Crippen LogP contribution is 2.25. The van der Waals surface area contributed by atoms with E-state index in [0.717, 1.165) is 17.1 Å². The molecule has 0 saturated carbocycles. The standard InChI is InChI=1S/C14H21N3O3S/c1-14(2,3)20-13(19)16-10-4-7-21-11(10)8-17-6-5-15-12(18)9-17/h4,7H,5-6,8-9H2,1-3H3,(H,15,18)(H,16,19). The molecule has 6 nitrogen and oxygen atoms in total. The van der Waals surface area contributed by atoms with Gasteiger partial charge < -0.3 is 10.1 Å². The first-order valence-corrected chi connectivity index (χ1v) is 7.77. The fourth-order valence-corrected chi connectivity index (χ4v) is 2.89. The molecule has 116 valence electrons. The van der Waals surface area contributed by atoms with Crippen LogP contribution in [0.2, 0.25) is 0 Å². The van der Waals surface area contributed by atoms with Crippen molar-refractivity contribution < 1.29 is 14.3 Å². The molecule has 1 fully saturated rings. The Morgan fingerprint density at radius 1 is 1.52 bits per heavy atom. The van der Waals surface area contributed by atoms with Gasteiger partial charge in [0.15, 0.2) is 0 Å². The number of hydrogen-bond acceptors (Lipinski definition) is 5. The van der Waals surface area contributed by atoms with E-state index in [1.54, 1.807) is 11.3 Å². The van der Waals surface area contributed by atoms with Crippen molar-refractivity contribution in [1.29, 1.82) is 0 Å². The summed E-state index contributed by atoms with van der Waals surface area (Å²) < 4.78 is 5.25. The number of thiophene rings is 1. The first-order chi connectivity index (χ1) is 9.83. The fraction of sp³-hybridized carbons (Fsp3) is 0.571. The molecule has 0 aromatic carbocycles. The maximum atomic E-state index is 11.8. The van der Waals surface area contributed by atoms with E-state index in [-0.39, 0.29) is 5.91 Å². The molecule has 0 aliphatic carbocycles. The van der Waals surface area contributed by atoms with Gasteiger partial charge in [-0.3, -0.25) is 15.0 Å². The second kappa shape index (κ2) is 6.44. The van der Waals surface area contributed by atoms with E-state index in [4.69, 9.17) is 4.74 Å². The smallest absolute Gasteiger partial charge is 0.412 e. The Morgan fingerprint density at radius 3 is 2.95 bits per heavy atom. The molecule has 1 aliphatic heterocycles. The van der Waals surface area contributed by atoms with Crippen LogP contribution < -0.4 is 10.6 Å². The van der Waals surface area contributed by atoms with Gasteiger partial charge in [0.2, 0.25) is 5.91 Å². The summed E-state index contributed by atoms with van der Waals surface area (Å²) in [4.78, 5) is 26.3. The van der Waals surface area contributed by atoms with Crippen LogP contribution in [-0.2, 0) is 16.1 Å². The van der Waals surface area contributed by atoms with Crippen molar-refractivity contribution in [3.8, 4) is 0 Å². The molecule has 0 spiro atoms. The van der Waals surface area contributed by atoms with Gasteiger partial charge in [-0.05, 0) is 32.2 Å². The van der Waals surface area contributed by atoms with Crippen LogP contribution in [0.1, 0.15) is 25.6 Å². The molecule has 0 unspecified atom stereocenters. The second-order valence-electron chi connectivity index (χ2n) is 5.94. The number of nitrogens with one attached hydrogen (secondary N) is 2. The van der Waals surface area contributed by atoms with Gasteiger partial charge >= 0.3 is 6.09 Å². The highest BCUT2D eigenvalue weighted by atomic mass is 32.1. The molecule has 1 aromatic rings. The van der Waals surface area contributed by atoms with E-state index in [1.165, 1.54) is 0 Å². The molecule has 0 radical (unpaired) electrons. The van der Waals surface area contributed by atoms with Crippen molar-refractivity contribution in [2.24, 2.45) is 0 Å². The van der Waals surface area contributed by atoms with Crippen LogP contribution in [-0.4, -0.2) is 42.1 Å². The van der Waals surface area contributed by atoms with Crippen LogP contribution in [0.25, 0.3) is 0 Å². The van der Waals surface area contributed by atoms with Gasteiger partial charge in [-0.1, -0.05) is 0 Å². The Balaban J connectivity index is 1.95. The number of anilines is 1. The minimum Gasteiger partial charge on any atom is -0.444 e. The lowest BCUT2D eigenvalue weighted by Crippen LogP contribution is -2.47. The van der Waals surface area contributed by atoms with Crippen LogP contribution in [0.5, 0.6) is 0 Å². The van der Waals surface area contributed by atoms with Crippen molar-refractivity contribution in [2.45, 2.75) is 32.9 Å². The third kappa shape index (κ3) is 5.02. The van der Waals surface area contributed by atoms with E-state index in [1.807, 2.05) is 32.2 Å². The quantitative estimate of drug-likeness (QED) is 0.896. The third-order valence-corrected chi connectivity index (χ3v) is 3.77. The summed E-state index contributed by atoms with van der Waals surface area (Å²) >= 11 is 1.56. The van der Waals surface area contributed by atoms with Crippen LogP contribution in [0, 0.1) is 0 Å². The average molecular weight is 311 g/mol. The summed E-state index contributed by atoms with van der Waals surface area (Å²) in [5.74, 6) is 0.0412. The summed E-state index contributed by atoms with van der Waals surface area (Å²) in [5.41, 5.74) is 0.228. The van der Waals surface area contributed by atoms with Crippen molar-refractivity contribution in [2.75, 3.05) is 25.0 Å². The van der Waals surface area contributed by atoms with Crippen LogP contribution in [0.15, 0.2) is 11.4 Å². The first-order valence-electron chi connectivity index (χ1n) is 6.89. The molecule has 1 saturated heterocycles. The predicted molar refractivity (Wildman–Crippen MR) is 82.5 cm³/mol. The normalized spacial score (nSPS) is 16.4. The highest BCUT2D eigenvalue weighted by Gasteiger charge is 2.20. The molecule has 1 aliphatic rings. The van der Waals surface area contributed by atoms with E-state index < -0.39 is 11.7 Å². The number of nitrogens with zero attached hydrogens (tertiary/aromatic N) is 1. The molecule has 1 aromatic heterocycles. The zero-order valence-electron chi connectivity index (χ0n) is 12.6. The summed E-state index contributed by atoms with van der Waals surface area (Å²) in [6.45, 7) is 8.00. The number of carbonyl (C=O) groups excluding carboxylic acids is 2. The zero-order valence-corrected chi connectivity index (χ0v) is 13.4. The van der Waals surface area contributed by atoms with E-state index >= 15 is 0 Å². The predicted octanol–water partition coefficient (Wildman–Crippen LogP) is 2.03. The minimum absolute atomic E-state index is 0.0412. The van der Waals surface area contributed by atoms with E-state index in [9.17, 15) is 9.59 Å². The van der Waals surface area contributed by atoms with E-state index in [0.29, 0.717) is 19.6 Å². The number of amides is 2. The Kier molecular flexibility index (Phi) is 4.84. The van der Waals surface area contributed by atoms with Crippen molar-refractivity contribution in [1.82, 2.24) is 10.2 Å². The molecular weight excluding hydrogens is 290 g/mol. The van der Waals surface area contributed by atoms with Crippen LogP contribution in [0.4, 0.5) is 10.5 Å². The maximum absolute atomic E-state index is 11.8. The van der Waals surface area contributed by atoms with Crippen molar-refractivity contribution in [3.63, 3.8) is 0 Å².